The average molecular weight is 270 g/mol. The van der Waals surface area contributed by atoms with Crippen molar-refractivity contribution in [2.75, 3.05) is 7.11 Å². The summed E-state index contributed by atoms with van der Waals surface area (Å²) in [4.78, 5) is 6.07. The van der Waals surface area contributed by atoms with Crippen molar-refractivity contribution in [2.24, 2.45) is 0 Å². The van der Waals surface area contributed by atoms with Crippen molar-refractivity contribution in [3.05, 3.63) is 15.6 Å². The fourth-order valence-corrected chi connectivity index (χ4v) is 2.77. The van der Waals surface area contributed by atoms with E-state index >= 15 is 0 Å². The van der Waals surface area contributed by atoms with Gasteiger partial charge in [-0.15, -0.1) is 11.3 Å². The van der Waals surface area contributed by atoms with E-state index in [4.69, 9.17) is 9.72 Å². The zero-order chi connectivity index (χ0) is 13.9. The predicted molar refractivity (Wildman–Crippen MR) is 78.2 cm³/mol. The van der Waals surface area contributed by atoms with Crippen LogP contribution in [0.25, 0.3) is 0 Å². The molecule has 1 N–H and O–H groups in total. The van der Waals surface area contributed by atoms with Gasteiger partial charge in [0.25, 0.3) is 0 Å². The summed E-state index contributed by atoms with van der Waals surface area (Å²) in [5, 5.41) is 4.61. The first-order chi connectivity index (χ1) is 8.24. The molecule has 1 rings (SSSR count). The highest BCUT2D eigenvalue weighted by atomic mass is 32.1. The van der Waals surface area contributed by atoms with Gasteiger partial charge in [0.2, 0.25) is 0 Å². The number of nitrogens with one attached hydrogen (secondary N) is 1. The Bertz CT molecular complexity index is 380. The molecule has 104 valence electrons. The third kappa shape index (κ3) is 4.34. The minimum atomic E-state index is 0.0795. The van der Waals surface area contributed by atoms with Crippen molar-refractivity contribution >= 4 is 11.3 Å². The Morgan fingerprint density at radius 1 is 1.28 bits per heavy atom. The van der Waals surface area contributed by atoms with E-state index in [0.717, 1.165) is 11.6 Å². The average Bonchev–Trinajstić information content (AvgIpc) is 2.68. The number of nitrogens with zero attached hydrogens (tertiary/aromatic N) is 1. The molecular formula is C14H26N2OS. The fourth-order valence-electron chi connectivity index (χ4n) is 1.58. The van der Waals surface area contributed by atoms with Crippen molar-refractivity contribution in [3.63, 3.8) is 0 Å². The molecule has 1 aromatic rings. The molecule has 0 spiro atoms. The molecule has 0 aliphatic rings. The lowest BCUT2D eigenvalue weighted by Crippen LogP contribution is -2.35. The summed E-state index contributed by atoms with van der Waals surface area (Å²) in [5.74, 6) is 0.454. The first kappa shape index (κ1) is 15.6. The van der Waals surface area contributed by atoms with Crippen molar-refractivity contribution in [1.29, 1.82) is 0 Å². The largest absolute Gasteiger partial charge is 0.375 e. The fraction of sp³-hybridized carbons (Fsp3) is 0.786. The Morgan fingerprint density at radius 3 is 2.33 bits per heavy atom. The maximum atomic E-state index is 5.36. The molecule has 1 aromatic heterocycles. The highest BCUT2D eigenvalue weighted by Gasteiger charge is 2.19. The van der Waals surface area contributed by atoms with Crippen LogP contribution in [0.4, 0.5) is 0 Å². The minimum absolute atomic E-state index is 0.0795. The van der Waals surface area contributed by atoms with E-state index < -0.39 is 0 Å². The van der Waals surface area contributed by atoms with Crippen LogP contribution in [0.3, 0.4) is 0 Å². The van der Waals surface area contributed by atoms with Gasteiger partial charge in [0.15, 0.2) is 0 Å². The summed E-state index contributed by atoms with van der Waals surface area (Å²) in [7, 11) is 1.73. The number of thiazole rings is 1. The van der Waals surface area contributed by atoms with E-state index in [-0.39, 0.29) is 11.6 Å². The second-order valence-corrected chi connectivity index (χ2v) is 7.11. The molecule has 0 fully saturated rings. The summed E-state index contributed by atoms with van der Waals surface area (Å²) in [6.45, 7) is 13.9. The normalized spacial score (nSPS) is 14.2. The van der Waals surface area contributed by atoms with E-state index in [2.05, 4.69) is 39.9 Å². The van der Waals surface area contributed by atoms with Gasteiger partial charge >= 0.3 is 0 Å². The van der Waals surface area contributed by atoms with Crippen LogP contribution in [-0.2, 0) is 11.3 Å². The second-order valence-electron chi connectivity index (χ2n) is 6.00. The lowest BCUT2D eigenvalue weighted by Gasteiger charge is -2.20. The van der Waals surface area contributed by atoms with Gasteiger partial charge in [-0.25, -0.2) is 4.98 Å². The van der Waals surface area contributed by atoms with Gasteiger partial charge in [-0.3, -0.25) is 0 Å². The topological polar surface area (TPSA) is 34.1 Å². The smallest absolute Gasteiger partial charge is 0.122 e. The lowest BCUT2D eigenvalue weighted by molar-refractivity contribution is 0.119. The summed E-state index contributed by atoms with van der Waals surface area (Å²) in [5.41, 5.74) is 1.33. The Balaban J connectivity index is 2.91. The van der Waals surface area contributed by atoms with Gasteiger partial charge in [-0.05, 0) is 33.6 Å². The summed E-state index contributed by atoms with van der Waals surface area (Å²) < 4.78 is 5.36. The number of aromatic nitrogens is 1. The van der Waals surface area contributed by atoms with Gasteiger partial charge in [0.05, 0.1) is 5.69 Å². The van der Waals surface area contributed by atoms with Crippen LogP contribution < -0.4 is 5.32 Å². The van der Waals surface area contributed by atoms with Crippen molar-refractivity contribution in [2.45, 2.75) is 65.6 Å². The Morgan fingerprint density at radius 2 is 1.89 bits per heavy atom. The molecule has 0 aliphatic heterocycles. The third-order valence-corrected chi connectivity index (χ3v) is 4.00. The highest BCUT2D eigenvalue weighted by Crippen LogP contribution is 2.30. The maximum absolute atomic E-state index is 5.36. The molecule has 3 nitrogen and oxygen atoms in total. The molecule has 1 heterocycles. The summed E-state index contributed by atoms with van der Waals surface area (Å²) in [6, 6.07) is 0. The number of hydrogen-bond acceptors (Lipinski definition) is 4. The van der Waals surface area contributed by atoms with Crippen molar-refractivity contribution < 1.29 is 4.74 Å². The van der Waals surface area contributed by atoms with E-state index in [0.29, 0.717) is 5.92 Å². The monoisotopic (exact) mass is 270 g/mol. The third-order valence-electron chi connectivity index (χ3n) is 2.77. The molecule has 0 radical (unpaired) electrons. The van der Waals surface area contributed by atoms with Crippen LogP contribution in [0.2, 0.25) is 0 Å². The Labute approximate surface area is 115 Å². The number of rotatable bonds is 5. The quantitative estimate of drug-likeness (QED) is 0.882. The van der Waals surface area contributed by atoms with Crippen LogP contribution in [-0.4, -0.2) is 17.6 Å². The summed E-state index contributed by atoms with van der Waals surface area (Å²) in [6.07, 6.45) is 0.0795. The van der Waals surface area contributed by atoms with Crippen LogP contribution in [0.1, 0.15) is 69.1 Å². The van der Waals surface area contributed by atoms with Crippen molar-refractivity contribution in [3.8, 4) is 0 Å². The van der Waals surface area contributed by atoms with Crippen LogP contribution in [0, 0.1) is 0 Å². The maximum Gasteiger partial charge on any atom is 0.122 e. The molecule has 0 bridgehead atoms. The molecule has 0 aromatic carbocycles. The zero-order valence-corrected chi connectivity index (χ0v) is 13.4. The Kier molecular flexibility index (Phi) is 5.32. The Hall–Kier alpha value is -0.450. The zero-order valence-electron chi connectivity index (χ0n) is 12.6. The SMILES string of the molecule is COC(C)c1nc(C(C)C)c(CNC(C)(C)C)s1. The number of methoxy groups -OCH3 is 1. The first-order valence-electron chi connectivity index (χ1n) is 6.52. The molecule has 4 heteroatoms. The van der Waals surface area contributed by atoms with E-state index in [1.165, 1.54) is 10.6 Å². The molecular weight excluding hydrogens is 244 g/mol. The van der Waals surface area contributed by atoms with Crippen LogP contribution >= 0.6 is 11.3 Å². The second kappa shape index (κ2) is 6.13. The van der Waals surface area contributed by atoms with Gasteiger partial charge in [0.1, 0.15) is 11.1 Å². The van der Waals surface area contributed by atoms with Crippen LogP contribution in [0.15, 0.2) is 0 Å². The van der Waals surface area contributed by atoms with Gasteiger partial charge in [-0.2, -0.15) is 0 Å². The molecule has 0 amide bonds. The number of hydrogen-bond donors (Lipinski definition) is 1. The van der Waals surface area contributed by atoms with Crippen molar-refractivity contribution in [1.82, 2.24) is 10.3 Å². The predicted octanol–water partition coefficient (Wildman–Crippen LogP) is 3.86. The highest BCUT2D eigenvalue weighted by molar-refractivity contribution is 7.11. The standard InChI is InChI=1S/C14H26N2OS/c1-9(2)12-11(8-15-14(4,5)6)18-13(16-12)10(3)17-7/h9-10,15H,8H2,1-7H3. The number of ether oxygens (including phenoxy) is 1. The molecule has 18 heavy (non-hydrogen) atoms. The first-order valence-corrected chi connectivity index (χ1v) is 7.33. The molecule has 0 saturated carbocycles. The summed E-state index contributed by atoms with van der Waals surface area (Å²) >= 11 is 1.76. The lowest BCUT2D eigenvalue weighted by atomic mass is 10.1. The molecule has 1 unspecified atom stereocenters. The van der Waals surface area contributed by atoms with Gasteiger partial charge in [-0.1, -0.05) is 13.8 Å². The van der Waals surface area contributed by atoms with Crippen LogP contribution in [0.5, 0.6) is 0 Å². The van der Waals surface area contributed by atoms with Gasteiger partial charge < -0.3 is 10.1 Å². The minimum Gasteiger partial charge on any atom is -0.375 e. The van der Waals surface area contributed by atoms with E-state index in [9.17, 15) is 0 Å². The van der Waals surface area contributed by atoms with E-state index in [1.54, 1.807) is 18.4 Å². The molecule has 1 atom stereocenters. The van der Waals surface area contributed by atoms with Gasteiger partial charge in [0, 0.05) is 24.1 Å². The molecule has 0 aliphatic carbocycles. The molecule has 0 saturated heterocycles. The van der Waals surface area contributed by atoms with E-state index in [1.807, 2.05) is 6.92 Å².